The van der Waals surface area contributed by atoms with Crippen LogP contribution < -0.4 is 26.2 Å². The number of nitrogens with one attached hydrogen (secondary N) is 4. The largest absolute Gasteiger partial charge is 0.388 e. The van der Waals surface area contributed by atoms with E-state index < -0.39 is 36.8 Å². The van der Waals surface area contributed by atoms with Crippen molar-refractivity contribution >= 4 is 40.6 Å². The second kappa shape index (κ2) is 15.1. The number of imidazole rings is 1. The van der Waals surface area contributed by atoms with Gasteiger partial charge in [-0.3, -0.25) is 9.78 Å². The first-order valence-corrected chi connectivity index (χ1v) is 16.9. The van der Waals surface area contributed by atoms with Crippen LogP contribution in [0.15, 0.2) is 91.5 Å². The topological polar surface area (TPSA) is 203 Å². The number of carbonyl (C=O) groups is 2. The van der Waals surface area contributed by atoms with Crippen LogP contribution in [0.3, 0.4) is 0 Å². The maximum atomic E-state index is 12.7. The van der Waals surface area contributed by atoms with Crippen LogP contribution in [0.2, 0.25) is 0 Å². The van der Waals surface area contributed by atoms with Crippen molar-refractivity contribution < 1.29 is 24.9 Å². The number of amides is 3. The monoisotopic (exact) mass is 692 g/mol. The molecule has 264 valence electrons. The zero-order chi connectivity index (χ0) is 35.3. The molecule has 0 radical (unpaired) electrons. The first-order valence-electron chi connectivity index (χ1n) is 16.9. The number of pyridine rings is 1. The quantitative estimate of drug-likeness (QED) is 0.107. The molecule has 4 heterocycles. The van der Waals surface area contributed by atoms with Gasteiger partial charge in [0.25, 0.3) is 0 Å². The van der Waals surface area contributed by atoms with E-state index in [1.165, 1.54) is 0 Å². The van der Waals surface area contributed by atoms with Crippen LogP contribution in [-0.2, 0) is 4.79 Å². The minimum atomic E-state index is -1.26. The van der Waals surface area contributed by atoms with Crippen LogP contribution in [0, 0.1) is 0 Å². The van der Waals surface area contributed by atoms with Crippen LogP contribution in [0.25, 0.3) is 11.2 Å². The molecule has 2 aliphatic rings. The van der Waals surface area contributed by atoms with E-state index in [9.17, 15) is 24.9 Å². The molecule has 5 aromatic rings. The molecule has 7 N–H and O–H groups in total. The molecule has 2 fully saturated rings. The third-order valence-corrected chi connectivity index (χ3v) is 9.51. The number of aliphatic hydroxyl groups is 3. The highest BCUT2D eigenvalue weighted by Gasteiger charge is 2.44. The van der Waals surface area contributed by atoms with Crippen LogP contribution in [-0.4, -0.2) is 102 Å². The molecule has 5 atom stereocenters. The normalized spacial score (nSPS) is 21.6. The van der Waals surface area contributed by atoms with E-state index in [1.54, 1.807) is 35.4 Å². The summed E-state index contributed by atoms with van der Waals surface area (Å²) < 4.78 is 1.71. The number of aliphatic hydroxyl groups excluding tert-OH is 3. The summed E-state index contributed by atoms with van der Waals surface area (Å²) in [5.41, 5.74) is 3.76. The Balaban J connectivity index is 1.19. The van der Waals surface area contributed by atoms with Crippen molar-refractivity contribution in [1.29, 1.82) is 0 Å². The lowest BCUT2D eigenvalue weighted by Crippen LogP contribution is -2.44. The van der Waals surface area contributed by atoms with Crippen LogP contribution in [0.4, 0.5) is 22.2 Å². The minimum Gasteiger partial charge on any atom is -0.388 e. The smallest absolute Gasteiger partial charge is 0.319 e. The van der Waals surface area contributed by atoms with Crippen molar-refractivity contribution in [2.45, 2.75) is 49.1 Å². The maximum absolute atomic E-state index is 12.7. The standard InChI is InChI=1S/C36H40N10O5/c47-20-29(48)42-27-16-28(32(50)31(27)49)46-21-39-30-33(38-18-26(22-8-3-1-4-9-22)23-10-5-2-6-11-23)43-35(44-34(30)46)45-15-13-25(19-45)41-36(51)40-24-12-7-14-37-17-24/h1-12,14,17,21,25-28,31-32,47,49-50H,13,15-16,18-20H2,(H,42,48)(H,38,43,44)(H2,40,41,51)/t25?,27-,28+,31+,32-/m0/s1. The van der Waals surface area contributed by atoms with Gasteiger partial charge in [-0.05, 0) is 36.1 Å². The third kappa shape index (κ3) is 7.45. The zero-order valence-corrected chi connectivity index (χ0v) is 27.7. The molecule has 1 aliphatic carbocycles. The molecule has 1 saturated heterocycles. The van der Waals surface area contributed by atoms with Crippen molar-refractivity contribution in [3.8, 4) is 0 Å². The first-order chi connectivity index (χ1) is 24.9. The van der Waals surface area contributed by atoms with Crippen molar-refractivity contribution in [3.63, 3.8) is 0 Å². The number of anilines is 3. The average molecular weight is 693 g/mol. The summed E-state index contributed by atoms with van der Waals surface area (Å²) in [5, 5.41) is 43.1. The molecule has 1 aliphatic heterocycles. The van der Waals surface area contributed by atoms with E-state index in [-0.39, 0.29) is 24.4 Å². The van der Waals surface area contributed by atoms with Gasteiger partial charge in [0.05, 0.1) is 30.3 Å². The molecule has 1 saturated carbocycles. The third-order valence-electron chi connectivity index (χ3n) is 9.51. The molecule has 7 rings (SSSR count). The van der Waals surface area contributed by atoms with Gasteiger partial charge in [-0.25, -0.2) is 9.78 Å². The van der Waals surface area contributed by atoms with Crippen molar-refractivity contribution in [1.82, 2.24) is 35.1 Å². The van der Waals surface area contributed by atoms with Gasteiger partial charge in [-0.2, -0.15) is 9.97 Å². The lowest BCUT2D eigenvalue weighted by atomic mass is 9.91. The second-order valence-electron chi connectivity index (χ2n) is 12.8. The highest BCUT2D eigenvalue weighted by atomic mass is 16.3. The molecule has 3 amide bonds. The molecule has 15 heteroatoms. The maximum Gasteiger partial charge on any atom is 0.319 e. The van der Waals surface area contributed by atoms with Crippen LogP contribution >= 0.6 is 0 Å². The van der Waals surface area contributed by atoms with Gasteiger partial charge in [0.1, 0.15) is 18.8 Å². The highest BCUT2D eigenvalue weighted by Crippen LogP contribution is 2.35. The lowest BCUT2D eigenvalue weighted by molar-refractivity contribution is -0.125. The Morgan fingerprint density at radius 2 is 1.67 bits per heavy atom. The Kier molecular flexibility index (Phi) is 10.0. The zero-order valence-electron chi connectivity index (χ0n) is 27.7. The summed E-state index contributed by atoms with van der Waals surface area (Å²) in [4.78, 5) is 45.3. The number of urea groups is 1. The molecule has 0 bridgehead atoms. The van der Waals surface area contributed by atoms with Crippen LogP contribution in [0.1, 0.15) is 35.9 Å². The fourth-order valence-electron chi connectivity index (χ4n) is 6.94. The summed E-state index contributed by atoms with van der Waals surface area (Å²) in [6.07, 6.45) is 3.12. The number of nitrogens with zero attached hydrogens (tertiary/aromatic N) is 6. The van der Waals surface area contributed by atoms with Gasteiger partial charge in [-0.1, -0.05) is 60.7 Å². The fourth-order valence-corrected chi connectivity index (χ4v) is 6.94. The number of aromatic nitrogens is 5. The number of fused-ring (bicyclic) bond motifs is 1. The Bertz CT molecular complexity index is 1910. The van der Waals surface area contributed by atoms with E-state index in [4.69, 9.17) is 9.97 Å². The summed E-state index contributed by atoms with van der Waals surface area (Å²) >= 11 is 0. The SMILES string of the molecule is O=C(CO)N[C@H]1C[C@@H](n2cnc3c(NCC(c4ccccc4)c4ccccc4)nc(N4CCC(NC(=O)Nc5cccnc5)C4)nc32)[C@H](O)[C@@H]1O. The molecule has 1 unspecified atom stereocenters. The number of carbonyl (C=O) groups excluding carboxylic acids is 2. The van der Waals surface area contributed by atoms with Gasteiger partial charge in [0.15, 0.2) is 17.0 Å². The average Bonchev–Trinajstić information content (AvgIpc) is 3.87. The first kappa shape index (κ1) is 33.8. The van der Waals surface area contributed by atoms with E-state index >= 15 is 0 Å². The molecule has 2 aromatic carbocycles. The van der Waals surface area contributed by atoms with E-state index in [2.05, 4.69) is 55.5 Å². The number of hydrogen-bond donors (Lipinski definition) is 7. The van der Waals surface area contributed by atoms with Gasteiger partial charge < -0.3 is 46.1 Å². The molecular weight excluding hydrogens is 652 g/mol. The summed E-state index contributed by atoms with van der Waals surface area (Å²) in [5.74, 6) is 0.257. The molecule has 15 nitrogen and oxygen atoms in total. The molecule has 0 spiro atoms. The lowest BCUT2D eigenvalue weighted by Gasteiger charge is -2.22. The Morgan fingerprint density at radius 1 is 0.922 bits per heavy atom. The molecular formula is C36H40N10O5. The Labute approximate surface area is 293 Å². The fraction of sp³-hybridized carbons (Fsp3) is 0.333. The van der Waals surface area contributed by atoms with Gasteiger partial charge in [0.2, 0.25) is 11.9 Å². The number of hydrogen-bond acceptors (Lipinski definition) is 11. The number of rotatable bonds is 11. The summed E-state index contributed by atoms with van der Waals surface area (Å²) in [6.45, 7) is 0.794. The number of benzene rings is 2. The van der Waals surface area contributed by atoms with Crippen molar-refractivity contribution in [3.05, 3.63) is 103 Å². The second-order valence-corrected chi connectivity index (χ2v) is 12.8. The molecule has 3 aromatic heterocycles. The summed E-state index contributed by atoms with van der Waals surface area (Å²) in [7, 11) is 0. The Morgan fingerprint density at radius 3 is 2.35 bits per heavy atom. The van der Waals surface area contributed by atoms with Gasteiger partial charge >= 0.3 is 6.03 Å². The van der Waals surface area contributed by atoms with E-state index in [0.717, 1.165) is 11.1 Å². The van der Waals surface area contributed by atoms with Crippen molar-refractivity contribution in [2.24, 2.45) is 0 Å². The minimum absolute atomic E-state index is 0.00987. The van der Waals surface area contributed by atoms with Crippen molar-refractivity contribution in [2.75, 3.05) is 41.8 Å². The van der Waals surface area contributed by atoms with Gasteiger partial charge in [-0.15, -0.1) is 0 Å². The van der Waals surface area contributed by atoms with Crippen LogP contribution in [0.5, 0.6) is 0 Å². The predicted molar refractivity (Wildman–Crippen MR) is 190 cm³/mol. The Hall–Kier alpha value is -5.64. The van der Waals surface area contributed by atoms with Gasteiger partial charge in [0, 0.05) is 37.8 Å². The highest BCUT2D eigenvalue weighted by molar-refractivity contribution is 5.89. The van der Waals surface area contributed by atoms with E-state index in [0.29, 0.717) is 54.7 Å². The van der Waals surface area contributed by atoms with E-state index in [1.807, 2.05) is 41.3 Å². The molecule has 51 heavy (non-hydrogen) atoms. The summed E-state index contributed by atoms with van der Waals surface area (Å²) in [6, 6.07) is 21.9. The predicted octanol–water partition coefficient (Wildman–Crippen LogP) is 2.01.